The Kier molecular flexibility index (Phi) is 2.15. The van der Waals surface area contributed by atoms with E-state index in [1.165, 1.54) is 11.7 Å². The lowest BCUT2D eigenvalue weighted by Crippen LogP contribution is -2.06. The maximum absolute atomic E-state index is 11.1. The second-order valence-corrected chi connectivity index (χ2v) is 5.47. The molecule has 2 rings (SSSR count). The molecule has 0 radical (unpaired) electrons. The Morgan fingerprint density at radius 2 is 2.14 bits per heavy atom. The molecule has 0 aromatic carbocycles. The summed E-state index contributed by atoms with van der Waals surface area (Å²) in [4.78, 5) is 0. The average Bonchev–Trinajstić information content (AvgIpc) is 2.82. The van der Waals surface area contributed by atoms with Crippen molar-refractivity contribution in [2.75, 3.05) is 7.11 Å². The number of ether oxygens (including phenoxy) is 1. The van der Waals surface area contributed by atoms with Gasteiger partial charge in [-0.15, -0.1) is 5.10 Å². The molecule has 0 N–H and O–H groups in total. The minimum absolute atomic E-state index is 0.100. The molecule has 0 unspecified atom stereocenters. The summed E-state index contributed by atoms with van der Waals surface area (Å²) in [6, 6.07) is 0.287. The summed E-state index contributed by atoms with van der Waals surface area (Å²) in [5, 5.41) is 6.84. The molecule has 1 aliphatic rings. The molecule has 1 saturated carbocycles. The van der Waals surface area contributed by atoms with Gasteiger partial charge in [-0.3, -0.25) is 4.57 Å². The van der Waals surface area contributed by atoms with Crippen LogP contribution in [0.15, 0.2) is 5.16 Å². The van der Waals surface area contributed by atoms with Gasteiger partial charge in [0.05, 0.1) is 7.11 Å². The largest absolute Gasteiger partial charge is 0.467 e. The molecule has 0 spiro atoms. The minimum atomic E-state index is -3.85. The summed E-state index contributed by atoms with van der Waals surface area (Å²) >= 11 is 0. The smallest absolute Gasteiger partial charge is 0.317 e. The van der Waals surface area contributed by atoms with E-state index in [4.69, 9.17) is 15.4 Å². The summed E-state index contributed by atoms with van der Waals surface area (Å²) in [6.07, 6.45) is 1.79. The molecule has 1 aromatic rings. The normalized spacial score (nSPS) is 17.0. The quantitative estimate of drug-likeness (QED) is 0.718. The predicted octanol–water partition coefficient (Wildman–Crippen LogP) is 0.549. The lowest BCUT2D eigenvalue weighted by Gasteiger charge is -2.04. The maximum Gasteiger partial charge on any atom is 0.317 e. The Balaban J connectivity index is 2.55. The Labute approximate surface area is 85.3 Å². The zero-order chi connectivity index (χ0) is 10.3. The van der Waals surface area contributed by atoms with Gasteiger partial charge in [0.15, 0.2) is 0 Å². The lowest BCUT2D eigenvalue weighted by atomic mass is 10.7. The number of nitrogens with zero attached hydrogens (tertiary/aromatic N) is 3. The van der Waals surface area contributed by atoms with E-state index < -0.39 is 9.05 Å². The molecule has 0 aliphatic heterocycles. The summed E-state index contributed by atoms with van der Waals surface area (Å²) in [5.74, 6) is 0. The topological polar surface area (TPSA) is 74.1 Å². The fourth-order valence-corrected chi connectivity index (χ4v) is 2.13. The third kappa shape index (κ3) is 1.57. The van der Waals surface area contributed by atoms with Gasteiger partial charge in [0, 0.05) is 16.7 Å². The van der Waals surface area contributed by atoms with Gasteiger partial charge in [0.1, 0.15) is 0 Å². The van der Waals surface area contributed by atoms with Crippen molar-refractivity contribution >= 4 is 19.7 Å². The maximum atomic E-state index is 11.1. The summed E-state index contributed by atoms with van der Waals surface area (Å²) in [7, 11) is 2.76. The van der Waals surface area contributed by atoms with E-state index in [0.717, 1.165) is 12.8 Å². The van der Waals surface area contributed by atoms with Gasteiger partial charge in [0.2, 0.25) is 0 Å². The lowest BCUT2D eigenvalue weighted by molar-refractivity contribution is 0.351. The molecule has 14 heavy (non-hydrogen) atoms. The summed E-state index contributed by atoms with van der Waals surface area (Å²) in [6.45, 7) is 0. The van der Waals surface area contributed by atoms with Crippen LogP contribution in [0.4, 0.5) is 0 Å². The van der Waals surface area contributed by atoms with Crippen LogP contribution in [-0.4, -0.2) is 30.3 Å². The minimum Gasteiger partial charge on any atom is -0.467 e. The molecule has 8 heteroatoms. The zero-order valence-electron chi connectivity index (χ0n) is 7.34. The van der Waals surface area contributed by atoms with Crippen LogP contribution in [0.25, 0.3) is 0 Å². The van der Waals surface area contributed by atoms with Crippen LogP contribution >= 0.6 is 10.7 Å². The molecule has 6 nitrogen and oxygen atoms in total. The Morgan fingerprint density at radius 3 is 2.57 bits per heavy atom. The van der Waals surface area contributed by atoms with Crippen molar-refractivity contribution in [3.63, 3.8) is 0 Å². The van der Waals surface area contributed by atoms with Gasteiger partial charge < -0.3 is 4.74 Å². The van der Waals surface area contributed by atoms with Crippen LogP contribution in [0, 0.1) is 0 Å². The van der Waals surface area contributed by atoms with E-state index in [2.05, 4.69) is 10.2 Å². The van der Waals surface area contributed by atoms with Gasteiger partial charge in [-0.25, -0.2) is 8.42 Å². The highest BCUT2D eigenvalue weighted by Gasteiger charge is 2.34. The van der Waals surface area contributed by atoms with Crippen LogP contribution < -0.4 is 4.74 Å². The molecule has 0 amide bonds. The third-order valence-corrected chi connectivity index (χ3v) is 3.07. The molecular weight excluding hydrogens is 230 g/mol. The van der Waals surface area contributed by atoms with E-state index >= 15 is 0 Å². The Morgan fingerprint density at radius 1 is 1.50 bits per heavy atom. The molecule has 0 bridgehead atoms. The average molecular weight is 238 g/mol. The van der Waals surface area contributed by atoms with Crippen LogP contribution in [-0.2, 0) is 9.05 Å². The van der Waals surface area contributed by atoms with Gasteiger partial charge in [0.25, 0.3) is 14.2 Å². The molecule has 1 aromatic heterocycles. The van der Waals surface area contributed by atoms with Crippen molar-refractivity contribution in [2.24, 2.45) is 0 Å². The van der Waals surface area contributed by atoms with Gasteiger partial charge >= 0.3 is 6.01 Å². The number of hydrogen-bond acceptors (Lipinski definition) is 5. The first-order valence-electron chi connectivity index (χ1n) is 3.97. The molecule has 1 aliphatic carbocycles. The van der Waals surface area contributed by atoms with E-state index in [0.29, 0.717) is 0 Å². The first-order valence-corrected chi connectivity index (χ1v) is 6.28. The standard InChI is InChI=1S/C6H8ClN3O3S/c1-13-5-8-9-6(14(7,11)12)10(5)4-2-3-4/h4H,2-3H2,1H3. The molecule has 1 heterocycles. The molecule has 78 valence electrons. The second-order valence-electron chi connectivity index (χ2n) is 3.01. The molecular formula is C6H8ClN3O3S. The fourth-order valence-electron chi connectivity index (χ4n) is 1.21. The SMILES string of the molecule is COc1nnc(S(=O)(=O)Cl)n1C1CC1. The second kappa shape index (κ2) is 3.09. The summed E-state index contributed by atoms with van der Waals surface area (Å²) < 4.78 is 28.5. The van der Waals surface area contributed by atoms with Crippen LogP contribution in [0.1, 0.15) is 18.9 Å². The highest BCUT2D eigenvalue weighted by Crippen LogP contribution is 2.39. The summed E-state index contributed by atoms with van der Waals surface area (Å²) in [5.41, 5.74) is 0. The van der Waals surface area contributed by atoms with Crippen LogP contribution in [0.3, 0.4) is 0 Å². The van der Waals surface area contributed by atoms with Crippen molar-refractivity contribution in [2.45, 2.75) is 24.0 Å². The van der Waals surface area contributed by atoms with E-state index in [9.17, 15) is 8.42 Å². The van der Waals surface area contributed by atoms with E-state index in [-0.39, 0.29) is 17.2 Å². The number of aromatic nitrogens is 3. The first-order chi connectivity index (χ1) is 6.54. The fraction of sp³-hybridized carbons (Fsp3) is 0.667. The van der Waals surface area contributed by atoms with Gasteiger partial charge in [-0.2, -0.15) is 0 Å². The molecule has 1 fully saturated rings. The van der Waals surface area contributed by atoms with E-state index in [1.807, 2.05) is 0 Å². The monoisotopic (exact) mass is 237 g/mol. The molecule has 0 atom stereocenters. The van der Waals surface area contributed by atoms with Crippen molar-refractivity contribution in [3.8, 4) is 6.01 Å². The number of methoxy groups -OCH3 is 1. The van der Waals surface area contributed by atoms with Crippen molar-refractivity contribution in [3.05, 3.63) is 0 Å². The van der Waals surface area contributed by atoms with Crippen molar-refractivity contribution in [1.29, 1.82) is 0 Å². The van der Waals surface area contributed by atoms with Crippen molar-refractivity contribution in [1.82, 2.24) is 14.8 Å². The highest BCUT2D eigenvalue weighted by atomic mass is 35.7. The van der Waals surface area contributed by atoms with Crippen molar-refractivity contribution < 1.29 is 13.2 Å². The Hall–Kier alpha value is -0.820. The van der Waals surface area contributed by atoms with Gasteiger partial charge in [-0.1, -0.05) is 5.10 Å². The van der Waals surface area contributed by atoms with Gasteiger partial charge in [-0.05, 0) is 12.8 Å². The van der Waals surface area contributed by atoms with E-state index in [1.54, 1.807) is 0 Å². The number of halogens is 1. The molecule has 0 saturated heterocycles. The zero-order valence-corrected chi connectivity index (χ0v) is 8.92. The number of rotatable bonds is 3. The first kappa shape index (κ1) is 9.72. The Bertz CT molecular complexity index is 451. The van der Waals surface area contributed by atoms with Crippen LogP contribution in [0.5, 0.6) is 6.01 Å². The van der Waals surface area contributed by atoms with Crippen LogP contribution in [0.2, 0.25) is 0 Å². The predicted molar refractivity (Wildman–Crippen MR) is 47.9 cm³/mol. The highest BCUT2D eigenvalue weighted by molar-refractivity contribution is 8.13. The number of hydrogen-bond donors (Lipinski definition) is 0. The third-order valence-electron chi connectivity index (χ3n) is 1.95.